The normalized spacial score (nSPS) is 15.2. The predicted molar refractivity (Wildman–Crippen MR) is 93.9 cm³/mol. The summed E-state index contributed by atoms with van der Waals surface area (Å²) < 4.78 is 5.58. The van der Waals surface area contributed by atoms with Crippen molar-refractivity contribution in [2.45, 2.75) is 52.0 Å². The fraction of sp³-hybridized carbons (Fsp3) is 0.579. The molecular weight excluding hydrogens is 304 g/mol. The zero-order valence-electron chi connectivity index (χ0n) is 14.7. The van der Waals surface area contributed by atoms with E-state index in [4.69, 9.17) is 4.74 Å². The first kappa shape index (κ1) is 18.3. The summed E-state index contributed by atoms with van der Waals surface area (Å²) >= 11 is 0. The fourth-order valence-corrected chi connectivity index (χ4v) is 2.85. The lowest BCUT2D eigenvalue weighted by molar-refractivity contribution is -0.134. The van der Waals surface area contributed by atoms with Gasteiger partial charge in [-0.25, -0.2) is 0 Å². The number of nitrogens with one attached hydrogen (secondary N) is 1. The van der Waals surface area contributed by atoms with Gasteiger partial charge in [0.25, 0.3) is 5.91 Å². The van der Waals surface area contributed by atoms with E-state index in [1.165, 1.54) is 0 Å². The van der Waals surface area contributed by atoms with Crippen LogP contribution in [0.2, 0.25) is 0 Å². The van der Waals surface area contributed by atoms with Crippen molar-refractivity contribution in [3.05, 3.63) is 29.8 Å². The summed E-state index contributed by atoms with van der Waals surface area (Å²) in [5.41, 5.74) is 1.11. The van der Waals surface area contributed by atoms with Crippen LogP contribution in [0.25, 0.3) is 0 Å². The van der Waals surface area contributed by atoms with Crippen molar-refractivity contribution < 1.29 is 14.3 Å². The first-order valence-corrected chi connectivity index (χ1v) is 8.85. The van der Waals surface area contributed by atoms with Gasteiger partial charge in [0.15, 0.2) is 6.61 Å². The van der Waals surface area contributed by atoms with E-state index in [-0.39, 0.29) is 24.5 Å². The standard InChI is InChI=1S/C19H28N2O3/c1-3-4-8-18(22)20-16-9-11-21(12-10-16)19(23)14-24-17-7-5-6-15(2)13-17/h5-7,13,16H,3-4,8-12,14H2,1-2H3,(H,20,22). The van der Waals surface area contributed by atoms with Crippen molar-refractivity contribution in [1.29, 1.82) is 0 Å². The van der Waals surface area contributed by atoms with Gasteiger partial charge in [0.1, 0.15) is 5.75 Å². The lowest BCUT2D eigenvalue weighted by atomic mass is 10.0. The molecule has 0 bridgehead atoms. The van der Waals surface area contributed by atoms with E-state index in [1.54, 1.807) is 0 Å². The van der Waals surface area contributed by atoms with E-state index in [2.05, 4.69) is 12.2 Å². The molecule has 2 amide bonds. The van der Waals surface area contributed by atoms with Crippen molar-refractivity contribution in [2.24, 2.45) is 0 Å². The fourth-order valence-electron chi connectivity index (χ4n) is 2.85. The Balaban J connectivity index is 1.69. The van der Waals surface area contributed by atoms with E-state index < -0.39 is 0 Å². The number of hydrogen-bond donors (Lipinski definition) is 1. The Morgan fingerprint density at radius 1 is 1.29 bits per heavy atom. The highest BCUT2D eigenvalue weighted by Crippen LogP contribution is 2.14. The van der Waals surface area contributed by atoms with Gasteiger partial charge in [-0.05, 0) is 43.9 Å². The Labute approximate surface area is 144 Å². The third-order valence-electron chi connectivity index (χ3n) is 4.32. The maximum Gasteiger partial charge on any atom is 0.260 e. The number of carbonyl (C=O) groups excluding carboxylic acids is 2. The highest BCUT2D eigenvalue weighted by atomic mass is 16.5. The SMILES string of the molecule is CCCCC(=O)NC1CCN(C(=O)COc2cccc(C)c2)CC1. The quantitative estimate of drug-likeness (QED) is 0.835. The molecule has 0 unspecified atom stereocenters. The smallest absolute Gasteiger partial charge is 0.260 e. The van der Waals surface area contributed by atoms with Crippen molar-refractivity contribution >= 4 is 11.8 Å². The number of nitrogens with zero attached hydrogens (tertiary/aromatic N) is 1. The summed E-state index contributed by atoms with van der Waals surface area (Å²) in [6.07, 6.45) is 4.18. The van der Waals surface area contributed by atoms with Crippen LogP contribution in [-0.4, -0.2) is 42.5 Å². The number of rotatable bonds is 7. The van der Waals surface area contributed by atoms with Gasteiger partial charge in [-0.1, -0.05) is 25.5 Å². The zero-order valence-corrected chi connectivity index (χ0v) is 14.7. The van der Waals surface area contributed by atoms with Gasteiger partial charge in [0.2, 0.25) is 5.91 Å². The van der Waals surface area contributed by atoms with Gasteiger partial charge >= 0.3 is 0 Å². The summed E-state index contributed by atoms with van der Waals surface area (Å²) in [5.74, 6) is 0.859. The van der Waals surface area contributed by atoms with Crippen LogP contribution in [0.1, 0.15) is 44.6 Å². The van der Waals surface area contributed by atoms with Gasteiger partial charge in [0, 0.05) is 25.6 Å². The van der Waals surface area contributed by atoms with Crippen LogP contribution in [0.15, 0.2) is 24.3 Å². The molecule has 1 aromatic rings. The summed E-state index contributed by atoms with van der Waals surface area (Å²) in [5, 5.41) is 3.07. The molecule has 1 aliphatic heterocycles. The van der Waals surface area contributed by atoms with Crippen LogP contribution < -0.4 is 10.1 Å². The van der Waals surface area contributed by atoms with Crippen molar-refractivity contribution in [3.63, 3.8) is 0 Å². The molecule has 5 nitrogen and oxygen atoms in total. The predicted octanol–water partition coefficient (Wildman–Crippen LogP) is 2.67. The topological polar surface area (TPSA) is 58.6 Å². The average molecular weight is 332 g/mol. The molecule has 0 atom stereocenters. The Hall–Kier alpha value is -2.04. The molecule has 0 aliphatic carbocycles. The first-order chi connectivity index (χ1) is 11.6. The number of piperidine rings is 1. The highest BCUT2D eigenvalue weighted by Gasteiger charge is 2.23. The Bertz CT molecular complexity index is 551. The van der Waals surface area contributed by atoms with Crippen molar-refractivity contribution in [2.75, 3.05) is 19.7 Å². The van der Waals surface area contributed by atoms with Crippen molar-refractivity contribution in [1.82, 2.24) is 10.2 Å². The maximum atomic E-state index is 12.2. The summed E-state index contributed by atoms with van der Waals surface area (Å²) in [6, 6.07) is 7.89. The molecule has 2 rings (SSSR count). The molecule has 0 radical (unpaired) electrons. The van der Waals surface area contributed by atoms with Crippen LogP contribution in [0.4, 0.5) is 0 Å². The Morgan fingerprint density at radius 2 is 2.04 bits per heavy atom. The number of benzene rings is 1. The van der Waals surface area contributed by atoms with Crippen LogP contribution >= 0.6 is 0 Å². The molecule has 1 aromatic carbocycles. The van der Waals surface area contributed by atoms with Crippen LogP contribution in [-0.2, 0) is 9.59 Å². The minimum Gasteiger partial charge on any atom is -0.484 e. The van der Waals surface area contributed by atoms with Crippen LogP contribution in [0.5, 0.6) is 5.75 Å². The number of unbranched alkanes of at least 4 members (excludes halogenated alkanes) is 1. The zero-order chi connectivity index (χ0) is 17.4. The van der Waals surface area contributed by atoms with E-state index in [1.807, 2.05) is 36.1 Å². The number of hydrogen-bond acceptors (Lipinski definition) is 3. The van der Waals surface area contributed by atoms with E-state index in [9.17, 15) is 9.59 Å². The van der Waals surface area contributed by atoms with E-state index in [0.29, 0.717) is 19.5 Å². The number of carbonyl (C=O) groups is 2. The monoisotopic (exact) mass is 332 g/mol. The number of likely N-dealkylation sites (tertiary alicyclic amines) is 1. The lowest BCUT2D eigenvalue weighted by Gasteiger charge is -2.32. The average Bonchev–Trinajstić information content (AvgIpc) is 2.58. The molecule has 24 heavy (non-hydrogen) atoms. The second-order valence-electron chi connectivity index (χ2n) is 6.43. The molecule has 1 heterocycles. The lowest BCUT2D eigenvalue weighted by Crippen LogP contribution is -2.47. The van der Waals surface area contributed by atoms with Crippen LogP contribution in [0, 0.1) is 6.92 Å². The maximum absolute atomic E-state index is 12.2. The molecule has 0 spiro atoms. The third-order valence-corrected chi connectivity index (χ3v) is 4.32. The largest absolute Gasteiger partial charge is 0.484 e. The number of amides is 2. The molecule has 1 N–H and O–H groups in total. The highest BCUT2D eigenvalue weighted by molar-refractivity contribution is 5.78. The molecule has 5 heteroatoms. The van der Waals surface area contributed by atoms with Gasteiger partial charge in [-0.2, -0.15) is 0 Å². The molecule has 0 aromatic heterocycles. The third kappa shape index (κ3) is 5.87. The van der Waals surface area contributed by atoms with Gasteiger partial charge in [-0.3, -0.25) is 9.59 Å². The number of ether oxygens (including phenoxy) is 1. The molecule has 1 fully saturated rings. The van der Waals surface area contributed by atoms with E-state index in [0.717, 1.165) is 37.0 Å². The molecular formula is C19H28N2O3. The minimum atomic E-state index is 0.00673. The second kappa shape index (κ2) is 9.30. The summed E-state index contributed by atoms with van der Waals surface area (Å²) in [7, 11) is 0. The minimum absolute atomic E-state index is 0.00673. The van der Waals surface area contributed by atoms with Gasteiger partial charge in [0.05, 0.1) is 0 Å². The first-order valence-electron chi connectivity index (χ1n) is 8.85. The van der Waals surface area contributed by atoms with Gasteiger partial charge in [-0.15, -0.1) is 0 Å². The van der Waals surface area contributed by atoms with E-state index >= 15 is 0 Å². The molecule has 1 aliphatic rings. The number of aryl methyl sites for hydroxylation is 1. The molecule has 132 valence electrons. The Kier molecular flexibility index (Phi) is 7.09. The van der Waals surface area contributed by atoms with Crippen molar-refractivity contribution in [3.8, 4) is 5.75 Å². The van der Waals surface area contributed by atoms with Crippen LogP contribution in [0.3, 0.4) is 0 Å². The second-order valence-corrected chi connectivity index (χ2v) is 6.43. The summed E-state index contributed by atoms with van der Waals surface area (Å²) in [4.78, 5) is 25.8. The molecule has 0 saturated carbocycles. The molecule has 1 saturated heterocycles. The Morgan fingerprint density at radius 3 is 2.71 bits per heavy atom. The summed E-state index contributed by atoms with van der Waals surface area (Å²) in [6.45, 7) is 5.49. The van der Waals surface area contributed by atoms with Gasteiger partial charge < -0.3 is 15.0 Å².